The van der Waals surface area contributed by atoms with Crippen molar-refractivity contribution in [2.45, 2.75) is 25.4 Å². The maximum absolute atomic E-state index is 11.3. The van der Waals surface area contributed by atoms with Gasteiger partial charge in [-0.2, -0.15) is 0 Å². The Morgan fingerprint density at radius 2 is 2.56 bits per heavy atom. The lowest BCUT2D eigenvalue weighted by molar-refractivity contribution is 0.0594. The first-order valence-corrected chi connectivity index (χ1v) is 6.19. The number of aromatic nitrogens is 1. The molecule has 1 saturated heterocycles. The highest BCUT2D eigenvalue weighted by Gasteiger charge is 2.14. The number of hydrogen-bond acceptors (Lipinski definition) is 5. The average Bonchev–Trinajstić information content (AvgIpc) is 2.91. The lowest BCUT2D eigenvalue weighted by Gasteiger charge is -2.11. The number of ether oxygens (including phenoxy) is 2. The van der Waals surface area contributed by atoms with E-state index in [-0.39, 0.29) is 0 Å². The molecule has 0 amide bonds. The molecule has 2 rings (SSSR count). The van der Waals surface area contributed by atoms with Crippen molar-refractivity contribution in [1.29, 1.82) is 0 Å². The van der Waals surface area contributed by atoms with Gasteiger partial charge >= 0.3 is 5.97 Å². The van der Waals surface area contributed by atoms with Crippen LogP contribution in [0.5, 0.6) is 0 Å². The van der Waals surface area contributed by atoms with Gasteiger partial charge in [0.05, 0.1) is 13.2 Å². The summed E-state index contributed by atoms with van der Waals surface area (Å²) in [4.78, 5) is 15.3. The zero-order valence-corrected chi connectivity index (χ0v) is 10.5. The first-order chi connectivity index (χ1) is 8.79. The Morgan fingerprint density at radius 3 is 3.28 bits per heavy atom. The van der Waals surface area contributed by atoms with E-state index in [2.05, 4.69) is 15.0 Å². The first kappa shape index (κ1) is 12.8. The van der Waals surface area contributed by atoms with E-state index >= 15 is 0 Å². The molecule has 2 heterocycles. The van der Waals surface area contributed by atoms with Crippen LogP contribution < -0.4 is 5.32 Å². The minimum atomic E-state index is -0.419. The number of anilines is 1. The van der Waals surface area contributed by atoms with Crippen molar-refractivity contribution in [2.75, 3.05) is 25.6 Å². The maximum Gasteiger partial charge on any atom is 0.356 e. The molecule has 1 fully saturated rings. The molecule has 1 aromatic rings. The summed E-state index contributed by atoms with van der Waals surface area (Å²) in [6.07, 6.45) is 5.26. The van der Waals surface area contributed by atoms with Crippen LogP contribution in [-0.4, -0.2) is 37.3 Å². The van der Waals surface area contributed by atoms with E-state index < -0.39 is 5.97 Å². The largest absolute Gasteiger partial charge is 0.464 e. The quantitative estimate of drug-likeness (QED) is 0.808. The van der Waals surface area contributed by atoms with Crippen LogP contribution in [0.4, 0.5) is 5.69 Å². The predicted octanol–water partition coefficient (Wildman–Crippen LogP) is 1.85. The minimum absolute atomic E-state index is 0.319. The van der Waals surface area contributed by atoms with Crippen molar-refractivity contribution in [2.24, 2.45) is 0 Å². The lowest BCUT2D eigenvalue weighted by Crippen LogP contribution is -2.13. The standard InChI is InChI=1S/C13H18N2O3/c1-17-13(16)12-9-10(4-6-15-12)14-7-5-11-3-2-8-18-11/h4,6,9,11H,2-3,5,7-8H2,1H3,(H,14,15). The van der Waals surface area contributed by atoms with Gasteiger partial charge < -0.3 is 14.8 Å². The molecule has 1 aliphatic rings. The van der Waals surface area contributed by atoms with Crippen molar-refractivity contribution >= 4 is 11.7 Å². The summed E-state index contributed by atoms with van der Waals surface area (Å²) in [5.74, 6) is -0.419. The van der Waals surface area contributed by atoms with E-state index in [0.717, 1.165) is 38.1 Å². The Balaban J connectivity index is 1.83. The molecule has 5 heteroatoms. The Bertz CT molecular complexity index is 403. The summed E-state index contributed by atoms with van der Waals surface area (Å²) in [5, 5.41) is 3.26. The highest BCUT2D eigenvalue weighted by Crippen LogP contribution is 2.16. The van der Waals surface area contributed by atoms with Gasteiger partial charge in [0.2, 0.25) is 0 Å². The van der Waals surface area contributed by atoms with Crippen molar-refractivity contribution in [3.8, 4) is 0 Å². The van der Waals surface area contributed by atoms with Crippen LogP contribution >= 0.6 is 0 Å². The summed E-state index contributed by atoms with van der Waals surface area (Å²) >= 11 is 0. The second-order valence-electron chi connectivity index (χ2n) is 4.27. The van der Waals surface area contributed by atoms with Crippen LogP contribution in [0.15, 0.2) is 18.3 Å². The smallest absolute Gasteiger partial charge is 0.356 e. The molecule has 18 heavy (non-hydrogen) atoms. The topological polar surface area (TPSA) is 60.5 Å². The number of hydrogen-bond donors (Lipinski definition) is 1. The van der Waals surface area contributed by atoms with Crippen molar-refractivity contribution < 1.29 is 14.3 Å². The van der Waals surface area contributed by atoms with Gasteiger partial charge in [0.25, 0.3) is 0 Å². The summed E-state index contributed by atoms with van der Waals surface area (Å²) in [7, 11) is 1.35. The van der Waals surface area contributed by atoms with Gasteiger partial charge in [0, 0.05) is 25.0 Å². The number of methoxy groups -OCH3 is 1. The fourth-order valence-corrected chi connectivity index (χ4v) is 2.01. The van der Waals surface area contributed by atoms with Crippen LogP contribution in [0.25, 0.3) is 0 Å². The van der Waals surface area contributed by atoms with Crippen LogP contribution in [0.2, 0.25) is 0 Å². The number of rotatable bonds is 5. The first-order valence-electron chi connectivity index (χ1n) is 6.19. The molecule has 1 atom stereocenters. The molecule has 0 aromatic carbocycles. The molecule has 1 N–H and O–H groups in total. The molecule has 0 bridgehead atoms. The van der Waals surface area contributed by atoms with E-state index in [9.17, 15) is 4.79 Å². The molecule has 98 valence electrons. The van der Waals surface area contributed by atoms with Crippen LogP contribution in [-0.2, 0) is 9.47 Å². The van der Waals surface area contributed by atoms with E-state index in [1.54, 1.807) is 12.3 Å². The third kappa shape index (κ3) is 3.43. The molecule has 5 nitrogen and oxygen atoms in total. The van der Waals surface area contributed by atoms with Gasteiger partial charge in [-0.1, -0.05) is 0 Å². The SMILES string of the molecule is COC(=O)c1cc(NCCC2CCCO2)ccn1. The van der Waals surface area contributed by atoms with Crippen molar-refractivity contribution in [1.82, 2.24) is 4.98 Å². The number of carbonyl (C=O) groups excluding carboxylic acids is 1. The molecular formula is C13H18N2O3. The number of nitrogens with one attached hydrogen (secondary N) is 1. The summed E-state index contributed by atoms with van der Waals surface area (Å²) in [5.41, 5.74) is 1.20. The molecule has 1 unspecified atom stereocenters. The average molecular weight is 250 g/mol. The predicted molar refractivity (Wildman–Crippen MR) is 67.7 cm³/mol. The number of pyridine rings is 1. The third-order valence-corrected chi connectivity index (χ3v) is 2.97. The van der Waals surface area contributed by atoms with Gasteiger partial charge in [-0.25, -0.2) is 9.78 Å². The summed E-state index contributed by atoms with van der Waals surface area (Å²) in [6, 6.07) is 3.53. The third-order valence-electron chi connectivity index (χ3n) is 2.97. The Labute approximate surface area is 107 Å². The molecule has 0 saturated carbocycles. The van der Waals surface area contributed by atoms with E-state index in [1.807, 2.05) is 6.07 Å². The van der Waals surface area contributed by atoms with Gasteiger partial charge in [0.15, 0.2) is 0 Å². The van der Waals surface area contributed by atoms with Crippen LogP contribution in [0, 0.1) is 0 Å². The molecule has 0 aliphatic carbocycles. The number of esters is 1. The van der Waals surface area contributed by atoms with E-state index in [4.69, 9.17) is 4.74 Å². The van der Waals surface area contributed by atoms with Crippen LogP contribution in [0.1, 0.15) is 29.8 Å². The van der Waals surface area contributed by atoms with Crippen molar-refractivity contribution in [3.63, 3.8) is 0 Å². The summed E-state index contributed by atoms with van der Waals surface area (Å²) < 4.78 is 10.2. The van der Waals surface area contributed by atoms with Crippen molar-refractivity contribution in [3.05, 3.63) is 24.0 Å². The van der Waals surface area contributed by atoms with Crippen LogP contribution in [0.3, 0.4) is 0 Å². The molecule has 0 spiro atoms. The van der Waals surface area contributed by atoms with Gasteiger partial charge in [-0.15, -0.1) is 0 Å². The molecule has 0 radical (unpaired) electrons. The lowest BCUT2D eigenvalue weighted by atomic mass is 10.2. The Morgan fingerprint density at radius 1 is 1.67 bits per heavy atom. The fourth-order valence-electron chi connectivity index (χ4n) is 2.01. The Hall–Kier alpha value is -1.62. The van der Waals surface area contributed by atoms with Gasteiger partial charge in [-0.3, -0.25) is 0 Å². The monoisotopic (exact) mass is 250 g/mol. The van der Waals surface area contributed by atoms with E-state index in [1.165, 1.54) is 7.11 Å². The minimum Gasteiger partial charge on any atom is -0.464 e. The number of carbonyl (C=O) groups is 1. The number of nitrogens with zero attached hydrogens (tertiary/aromatic N) is 1. The second kappa shape index (κ2) is 6.35. The zero-order valence-electron chi connectivity index (χ0n) is 10.5. The Kier molecular flexibility index (Phi) is 4.52. The molecular weight excluding hydrogens is 232 g/mol. The van der Waals surface area contributed by atoms with E-state index in [0.29, 0.717) is 11.8 Å². The zero-order chi connectivity index (χ0) is 12.8. The van der Waals surface area contributed by atoms with Gasteiger partial charge in [-0.05, 0) is 31.4 Å². The maximum atomic E-state index is 11.3. The normalized spacial score (nSPS) is 18.6. The molecule has 1 aliphatic heterocycles. The highest BCUT2D eigenvalue weighted by atomic mass is 16.5. The highest BCUT2D eigenvalue weighted by molar-refractivity contribution is 5.88. The second-order valence-corrected chi connectivity index (χ2v) is 4.27. The molecule has 1 aromatic heterocycles. The summed E-state index contributed by atoms with van der Waals surface area (Å²) in [6.45, 7) is 1.71. The van der Waals surface area contributed by atoms with Gasteiger partial charge in [0.1, 0.15) is 5.69 Å². The fraction of sp³-hybridized carbons (Fsp3) is 0.538.